The average Bonchev–Trinajstić information content (AvgIpc) is 3.12. The van der Waals surface area contributed by atoms with E-state index in [0.717, 1.165) is 23.3 Å². The van der Waals surface area contributed by atoms with Crippen molar-refractivity contribution in [2.75, 3.05) is 26.7 Å². The van der Waals surface area contributed by atoms with Crippen molar-refractivity contribution in [2.45, 2.75) is 43.7 Å². The van der Waals surface area contributed by atoms with Gasteiger partial charge in [0.05, 0.1) is 12.6 Å². The van der Waals surface area contributed by atoms with Crippen LogP contribution < -0.4 is 21.1 Å². The minimum Gasteiger partial charge on any atom is -0.496 e. The highest BCUT2D eigenvalue weighted by Gasteiger charge is 2.31. The van der Waals surface area contributed by atoms with Gasteiger partial charge in [-0.1, -0.05) is 18.2 Å². The van der Waals surface area contributed by atoms with Crippen LogP contribution in [0.15, 0.2) is 47.4 Å². The molecule has 5 rings (SSSR count). The highest BCUT2D eigenvalue weighted by atomic mass is 16.5. The predicted molar refractivity (Wildman–Crippen MR) is 130 cm³/mol. The number of pyridine rings is 1. The average molecular weight is 479 g/mol. The largest absolute Gasteiger partial charge is 0.496 e. The molecule has 2 aliphatic heterocycles. The van der Waals surface area contributed by atoms with E-state index in [0.29, 0.717) is 44.5 Å². The fourth-order valence-electron chi connectivity index (χ4n) is 5.24. The fourth-order valence-corrected chi connectivity index (χ4v) is 5.24. The Balaban J connectivity index is 1.19. The van der Waals surface area contributed by atoms with E-state index in [1.165, 1.54) is 0 Å². The smallest absolute Gasteiger partial charge is 0.327 e. The van der Waals surface area contributed by atoms with Gasteiger partial charge in [-0.3, -0.25) is 14.3 Å². The van der Waals surface area contributed by atoms with Gasteiger partial charge in [-0.15, -0.1) is 0 Å². The van der Waals surface area contributed by atoms with Gasteiger partial charge in [0.1, 0.15) is 11.8 Å². The van der Waals surface area contributed by atoms with E-state index in [-0.39, 0.29) is 29.6 Å². The van der Waals surface area contributed by atoms with E-state index in [2.05, 4.69) is 20.6 Å². The zero-order valence-electron chi connectivity index (χ0n) is 19.7. The summed E-state index contributed by atoms with van der Waals surface area (Å²) in [5, 5.41) is 5.91. The molecule has 2 aromatic heterocycles. The topological polar surface area (TPSA) is 121 Å². The predicted octanol–water partition coefficient (Wildman–Crippen LogP) is 2.14. The molecule has 2 saturated heterocycles. The molecule has 3 amide bonds. The monoisotopic (exact) mass is 478 g/mol. The number of hydrogen-bond donors (Lipinski definition) is 3. The number of carbonyl (C=O) groups excluding carboxylic acids is 2. The molecule has 1 unspecified atom stereocenters. The number of amides is 3. The Hall–Kier alpha value is -3.82. The maximum Gasteiger partial charge on any atom is 0.327 e. The maximum absolute atomic E-state index is 13.0. The molecule has 10 nitrogen and oxygen atoms in total. The van der Waals surface area contributed by atoms with Crippen molar-refractivity contribution in [3.63, 3.8) is 0 Å². The molecule has 10 heteroatoms. The Morgan fingerprint density at radius 1 is 1.09 bits per heavy atom. The Kier molecular flexibility index (Phi) is 6.43. The summed E-state index contributed by atoms with van der Waals surface area (Å²) < 4.78 is 7.23. The zero-order chi connectivity index (χ0) is 24.4. The van der Waals surface area contributed by atoms with Gasteiger partial charge in [-0.25, -0.2) is 14.6 Å². The van der Waals surface area contributed by atoms with Crippen molar-refractivity contribution >= 4 is 23.1 Å². The van der Waals surface area contributed by atoms with Gasteiger partial charge >= 0.3 is 11.7 Å². The summed E-state index contributed by atoms with van der Waals surface area (Å²) in [5.41, 5.74) is 2.23. The third-order valence-corrected chi connectivity index (χ3v) is 7.13. The molecular weight excluding hydrogens is 448 g/mol. The van der Waals surface area contributed by atoms with Gasteiger partial charge in [0.2, 0.25) is 5.91 Å². The van der Waals surface area contributed by atoms with E-state index < -0.39 is 6.04 Å². The van der Waals surface area contributed by atoms with Crippen molar-refractivity contribution in [2.24, 2.45) is 0 Å². The van der Waals surface area contributed by atoms with Crippen LogP contribution >= 0.6 is 0 Å². The lowest BCUT2D eigenvalue weighted by Crippen LogP contribution is -2.52. The zero-order valence-corrected chi connectivity index (χ0v) is 19.7. The van der Waals surface area contributed by atoms with Crippen molar-refractivity contribution in [3.05, 3.63) is 58.6 Å². The number of rotatable bonds is 4. The number of methoxy groups -OCH3 is 1. The maximum atomic E-state index is 13.0. The van der Waals surface area contributed by atoms with Crippen LogP contribution in [0.2, 0.25) is 0 Å². The van der Waals surface area contributed by atoms with Crippen molar-refractivity contribution in [1.82, 2.24) is 30.1 Å². The summed E-state index contributed by atoms with van der Waals surface area (Å²) in [6.07, 6.45) is 4.26. The van der Waals surface area contributed by atoms with Gasteiger partial charge in [-0.05, 0) is 49.4 Å². The Labute approximate surface area is 202 Å². The van der Waals surface area contributed by atoms with E-state index in [4.69, 9.17) is 4.74 Å². The number of imidazole rings is 1. The molecule has 184 valence electrons. The number of nitrogens with one attached hydrogen (secondary N) is 3. The third-order valence-electron chi connectivity index (χ3n) is 7.13. The Morgan fingerprint density at radius 3 is 2.69 bits per heavy atom. The van der Waals surface area contributed by atoms with Gasteiger partial charge < -0.3 is 20.3 Å². The minimum absolute atomic E-state index is 0.00714. The van der Waals surface area contributed by atoms with Crippen LogP contribution in [0.25, 0.3) is 11.2 Å². The number of aromatic amines is 1. The number of carbonyl (C=O) groups is 2. The van der Waals surface area contributed by atoms with Crippen LogP contribution in [0, 0.1) is 0 Å². The van der Waals surface area contributed by atoms with E-state index in [9.17, 15) is 14.4 Å². The summed E-state index contributed by atoms with van der Waals surface area (Å²) in [4.78, 5) is 46.9. The molecule has 2 aliphatic rings. The van der Waals surface area contributed by atoms with Crippen molar-refractivity contribution in [1.29, 1.82) is 0 Å². The molecule has 0 aliphatic carbocycles. The molecule has 1 aromatic carbocycles. The summed E-state index contributed by atoms with van der Waals surface area (Å²) >= 11 is 0. The van der Waals surface area contributed by atoms with Crippen LogP contribution in [0.3, 0.4) is 0 Å². The lowest BCUT2D eigenvalue weighted by Gasteiger charge is -2.33. The first-order valence-electron chi connectivity index (χ1n) is 12.1. The molecule has 2 fully saturated rings. The number of benzene rings is 1. The summed E-state index contributed by atoms with van der Waals surface area (Å²) in [7, 11) is 1.64. The number of hydrogen-bond acceptors (Lipinski definition) is 5. The number of nitrogens with zero attached hydrogens (tertiary/aromatic N) is 3. The first-order chi connectivity index (χ1) is 17.0. The second-order valence-electron chi connectivity index (χ2n) is 9.15. The quantitative estimate of drug-likeness (QED) is 0.531. The molecular formula is C25H30N6O4. The molecule has 0 radical (unpaired) electrons. The lowest BCUT2D eigenvalue weighted by molar-refractivity contribution is -0.122. The summed E-state index contributed by atoms with van der Waals surface area (Å²) in [6.45, 7) is 1.52. The van der Waals surface area contributed by atoms with Crippen LogP contribution in [0.4, 0.5) is 4.79 Å². The highest BCUT2D eigenvalue weighted by molar-refractivity contribution is 5.87. The van der Waals surface area contributed by atoms with Crippen LogP contribution in [0.5, 0.6) is 5.75 Å². The lowest BCUT2D eigenvalue weighted by atomic mass is 9.93. The van der Waals surface area contributed by atoms with Crippen molar-refractivity contribution < 1.29 is 14.3 Å². The standard InChI is InChI=1S/C25H30N6O4/c1-35-21-7-3-2-5-18(21)16-8-9-19(23(32)27-15-16)28-24(33)30-13-10-17(11-14-30)31-20-6-4-12-26-22(20)29-25(31)34/h2-7,12,16-17,19H,8-11,13-15H2,1H3,(H,27,32)(H,28,33)(H,26,29,34)/t16?,19-/m1/s1. The first-order valence-corrected chi connectivity index (χ1v) is 12.1. The van der Waals surface area contributed by atoms with Gasteiger partial charge in [0, 0.05) is 37.8 Å². The number of ether oxygens (including phenoxy) is 1. The number of likely N-dealkylation sites (tertiary alicyclic amines) is 1. The van der Waals surface area contributed by atoms with Gasteiger partial charge in [0.15, 0.2) is 5.65 Å². The number of urea groups is 1. The highest BCUT2D eigenvalue weighted by Crippen LogP contribution is 2.31. The van der Waals surface area contributed by atoms with Crippen LogP contribution in [-0.2, 0) is 4.79 Å². The Bertz CT molecular complexity index is 1280. The number of H-pyrrole nitrogens is 1. The van der Waals surface area contributed by atoms with E-state index in [1.807, 2.05) is 36.4 Å². The molecule has 2 atom stereocenters. The van der Waals surface area contributed by atoms with E-state index in [1.54, 1.807) is 22.8 Å². The Morgan fingerprint density at radius 2 is 1.89 bits per heavy atom. The number of fused-ring (bicyclic) bond motifs is 1. The van der Waals surface area contributed by atoms with Gasteiger partial charge in [-0.2, -0.15) is 0 Å². The number of aromatic nitrogens is 3. The first kappa shape index (κ1) is 22.9. The van der Waals surface area contributed by atoms with Crippen molar-refractivity contribution in [3.8, 4) is 5.75 Å². The molecule has 35 heavy (non-hydrogen) atoms. The summed E-state index contributed by atoms with van der Waals surface area (Å²) in [6, 6.07) is 10.7. The second-order valence-corrected chi connectivity index (χ2v) is 9.15. The molecule has 4 heterocycles. The molecule has 0 bridgehead atoms. The fraction of sp³-hybridized carbons (Fsp3) is 0.440. The molecule has 3 aromatic rings. The van der Waals surface area contributed by atoms with Crippen LogP contribution in [0.1, 0.15) is 43.2 Å². The van der Waals surface area contributed by atoms with E-state index >= 15 is 0 Å². The third kappa shape index (κ3) is 4.60. The SMILES string of the molecule is COc1ccccc1C1CC[C@@H](NC(=O)N2CCC(n3c(=O)[nH]c4ncccc43)CC2)C(=O)NC1. The molecule has 0 saturated carbocycles. The second kappa shape index (κ2) is 9.81. The number of para-hydroxylation sites is 1. The van der Waals surface area contributed by atoms with Gasteiger partial charge in [0.25, 0.3) is 0 Å². The normalized spacial score (nSPS) is 21.4. The summed E-state index contributed by atoms with van der Waals surface area (Å²) in [5.74, 6) is 0.766. The molecule has 3 N–H and O–H groups in total. The van der Waals surface area contributed by atoms with Crippen LogP contribution in [-0.4, -0.2) is 64.2 Å². The minimum atomic E-state index is -0.581. The number of piperidine rings is 1. The molecule has 0 spiro atoms.